The molecule has 0 bridgehead atoms. The van der Waals surface area contributed by atoms with Gasteiger partial charge in [-0.2, -0.15) is 4.79 Å². The molecule has 1 heterocycles. The first-order valence-corrected chi connectivity index (χ1v) is 8.63. The third-order valence-electron chi connectivity index (χ3n) is 4.47. The van der Waals surface area contributed by atoms with Crippen LogP contribution in [0.25, 0.3) is 16.8 Å². The van der Waals surface area contributed by atoms with Gasteiger partial charge in [-0.15, -0.1) is 0 Å². The van der Waals surface area contributed by atoms with Gasteiger partial charge in [0.15, 0.2) is 5.71 Å². The molecule has 0 unspecified atom stereocenters. The minimum absolute atomic E-state index is 0.452. The Morgan fingerprint density at radius 1 is 0.778 bits per heavy atom. The van der Waals surface area contributed by atoms with Crippen LogP contribution >= 0.6 is 0 Å². The molecule has 0 spiro atoms. The number of aliphatic imine (C=N–C) groups is 1. The van der Waals surface area contributed by atoms with Crippen molar-refractivity contribution < 1.29 is 9.53 Å². The molecule has 4 heteroatoms. The molecule has 0 radical (unpaired) electrons. The van der Waals surface area contributed by atoms with E-state index in [1.165, 1.54) is 0 Å². The molecular formula is C23H17N3O. The molecular weight excluding hydrogens is 334 g/mol. The smallest absolute Gasteiger partial charge is 0.351 e. The second-order valence-electron chi connectivity index (χ2n) is 6.10. The van der Waals surface area contributed by atoms with Crippen LogP contribution < -0.4 is 4.74 Å². The summed E-state index contributed by atoms with van der Waals surface area (Å²) in [7, 11) is 1.62. The second-order valence-corrected chi connectivity index (χ2v) is 6.10. The van der Waals surface area contributed by atoms with Crippen LogP contribution in [-0.2, 0) is 0 Å². The van der Waals surface area contributed by atoms with Crippen LogP contribution in [0.1, 0.15) is 16.7 Å². The monoisotopic (exact) mass is 351 g/mol. The van der Waals surface area contributed by atoms with Crippen LogP contribution in [0, 0.1) is 0 Å². The SMILES string of the molecule is COc1cccc(C2=NC(c3ccccc3)=C(c3ccccc3)C2=[N+]=[N-])c1. The van der Waals surface area contributed by atoms with Gasteiger partial charge in [-0.05, 0) is 17.7 Å². The molecule has 0 amide bonds. The second kappa shape index (κ2) is 7.24. The van der Waals surface area contributed by atoms with Crippen molar-refractivity contribution in [2.75, 3.05) is 7.11 Å². The first-order valence-electron chi connectivity index (χ1n) is 8.63. The zero-order valence-corrected chi connectivity index (χ0v) is 14.8. The largest absolute Gasteiger partial charge is 0.497 e. The lowest BCUT2D eigenvalue weighted by atomic mass is 9.94. The van der Waals surface area contributed by atoms with E-state index >= 15 is 0 Å². The molecule has 0 aliphatic carbocycles. The highest BCUT2D eigenvalue weighted by atomic mass is 16.5. The van der Waals surface area contributed by atoms with Crippen molar-refractivity contribution in [1.82, 2.24) is 0 Å². The Kier molecular flexibility index (Phi) is 4.48. The third-order valence-corrected chi connectivity index (χ3v) is 4.47. The Morgan fingerprint density at radius 2 is 1.41 bits per heavy atom. The molecule has 3 aromatic rings. The van der Waals surface area contributed by atoms with E-state index in [1.807, 2.05) is 84.9 Å². The molecule has 0 N–H and O–H groups in total. The van der Waals surface area contributed by atoms with Crippen molar-refractivity contribution in [3.8, 4) is 5.75 Å². The molecule has 27 heavy (non-hydrogen) atoms. The molecule has 0 atom stereocenters. The maximum Gasteiger partial charge on any atom is 0.351 e. The summed E-state index contributed by atoms with van der Waals surface area (Å²) in [6.07, 6.45) is 0. The lowest BCUT2D eigenvalue weighted by Gasteiger charge is -2.04. The quantitative estimate of drug-likeness (QED) is 0.495. The van der Waals surface area contributed by atoms with Gasteiger partial charge in [0.25, 0.3) is 0 Å². The standard InChI is InChI=1S/C23H17N3O/c1-27-19-14-8-13-18(15-19)22-23(26-24)20(16-9-4-2-5-10-16)21(25-22)17-11-6-3-7-12-17/h2-15H,1H3. The number of nitrogens with zero attached hydrogens (tertiary/aromatic N) is 3. The number of methoxy groups -OCH3 is 1. The third kappa shape index (κ3) is 3.10. The van der Waals surface area contributed by atoms with Gasteiger partial charge in [-0.25, -0.2) is 4.99 Å². The summed E-state index contributed by atoms with van der Waals surface area (Å²) in [5, 5.41) is 0. The van der Waals surface area contributed by atoms with Crippen LogP contribution in [0.5, 0.6) is 5.75 Å². The topological polar surface area (TPSA) is 58.0 Å². The molecule has 4 nitrogen and oxygen atoms in total. The van der Waals surface area contributed by atoms with E-state index in [1.54, 1.807) is 7.11 Å². The Labute approximate surface area is 157 Å². The summed E-state index contributed by atoms with van der Waals surface area (Å²) in [4.78, 5) is 8.49. The highest BCUT2D eigenvalue weighted by Gasteiger charge is 2.35. The zero-order valence-electron chi connectivity index (χ0n) is 14.8. The van der Waals surface area contributed by atoms with E-state index in [9.17, 15) is 5.53 Å². The number of allylic oxidation sites excluding steroid dienone is 1. The maximum absolute atomic E-state index is 9.86. The van der Waals surface area contributed by atoms with E-state index in [-0.39, 0.29) is 0 Å². The Hall–Kier alpha value is -3.75. The highest BCUT2D eigenvalue weighted by Crippen LogP contribution is 2.35. The van der Waals surface area contributed by atoms with Crippen molar-refractivity contribution in [2.45, 2.75) is 0 Å². The molecule has 0 fully saturated rings. The van der Waals surface area contributed by atoms with Crippen LogP contribution in [0.2, 0.25) is 0 Å². The fourth-order valence-corrected chi connectivity index (χ4v) is 3.20. The van der Waals surface area contributed by atoms with Crippen molar-refractivity contribution in [2.24, 2.45) is 4.99 Å². The summed E-state index contributed by atoms with van der Waals surface area (Å²) in [5.74, 6) is 0.724. The highest BCUT2D eigenvalue weighted by molar-refractivity contribution is 6.65. The van der Waals surface area contributed by atoms with E-state index in [2.05, 4.69) is 4.79 Å². The number of hydrogen-bond donors (Lipinski definition) is 0. The predicted molar refractivity (Wildman–Crippen MR) is 108 cm³/mol. The molecule has 0 aromatic heterocycles. The maximum atomic E-state index is 9.86. The predicted octanol–water partition coefficient (Wildman–Crippen LogP) is 4.74. The lowest BCUT2D eigenvalue weighted by molar-refractivity contribution is 0.00120. The van der Waals surface area contributed by atoms with E-state index in [4.69, 9.17) is 9.73 Å². The van der Waals surface area contributed by atoms with Crippen LogP contribution in [0.15, 0.2) is 89.9 Å². The fourth-order valence-electron chi connectivity index (χ4n) is 3.20. The summed E-state index contributed by atoms with van der Waals surface area (Å²) < 4.78 is 5.34. The first-order chi connectivity index (χ1) is 13.3. The molecule has 0 saturated heterocycles. The van der Waals surface area contributed by atoms with Crippen LogP contribution in [0.4, 0.5) is 0 Å². The van der Waals surface area contributed by atoms with E-state index < -0.39 is 0 Å². The lowest BCUT2D eigenvalue weighted by Crippen LogP contribution is -2.15. The van der Waals surface area contributed by atoms with Gasteiger partial charge >= 0.3 is 5.71 Å². The molecule has 1 aliphatic rings. The molecule has 3 aromatic carbocycles. The molecule has 4 rings (SSSR count). The van der Waals surface area contributed by atoms with Crippen molar-refractivity contribution >= 4 is 22.7 Å². The van der Waals surface area contributed by atoms with Gasteiger partial charge in [0.1, 0.15) is 5.75 Å². The summed E-state index contributed by atoms with van der Waals surface area (Å²) >= 11 is 0. The summed E-state index contributed by atoms with van der Waals surface area (Å²) in [5.41, 5.74) is 15.3. The summed E-state index contributed by atoms with van der Waals surface area (Å²) in [6, 6.07) is 27.4. The zero-order chi connectivity index (χ0) is 18.6. The Bertz CT molecular complexity index is 1090. The fraction of sp³-hybridized carbons (Fsp3) is 0.0435. The Morgan fingerprint density at radius 3 is 2.04 bits per heavy atom. The van der Waals surface area contributed by atoms with Crippen molar-refractivity contribution in [3.05, 3.63) is 107 Å². The normalized spacial score (nSPS) is 13.4. The number of rotatable bonds is 4. The van der Waals surface area contributed by atoms with Crippen molar-refractivity contribution in [3.63, 3.8) is 0 Å². The van der Waals surface area contributed by atoms with Crippen molar-refractivity contribution in [1.29, 1.82) is 0 Å². The number of benzene rings is 3. The molecule has 130 valence electrons. The average molecular weight is 351 g/mol. The van der Waals surface area contributed by atoms with Gasteiger partial charge in [-0.3, -0.25) is 0 Å². The van der Waals surface area contributed by atoms with Gasteiger partial charge in [-0.1, -0.05) is 72.8 Å². The Balaban J connectivity index is 1.94. The van der Waals surface area contributed by atoms with Gasteiger partial charge < -0.3 is 10.3 Å². The van der Waals surface area contributed by atoms with Gasteiger partial charge in [0, 0.05) is 11.1 Å². The van der Waals surface area contributed by atoms with Gasteiger partial charge in [0.2, 0.25) is 0 Å². The molecule has 0 saturated carbocycles. The number of ether oxygens (including phenoxy) is 1. The summed E-state index contributed by atoms with van der Waals surface area (Å²) in [6.45, 7) is 0. The first kappa shape index (κ1) is 16.7. The minimum Gasteiger partial charge on any atom is -0.497 e. The van der Waals surface area contributed by atoms with Crippen LogP contribution in [-0.4, -0.2) is 23.3 Å². The van der Waals surface area contributed by atoms with E-state index in [0.29, 0.717) is 11.4 Å². The van der Waals surface area contributed by atoms with Gasteiger partial charge in [0.05, 0.1) is 18.4 Å². The minimum atomic E-state index is 0.452. The molecule has 1 aliphatic heterocycles. The van der Waals surface area contributed by atoms with E-state index in [0.717, 1.165) is 33.7 Å². The average Bonchev–Trinajstić information content (AvgIpc) is 3.14. The number of hydrogen-bond acceptors (Lipinski definition) is 2. The van der Waals surface area contributed by atoms with Crippen LogP contribution in [0.3, 0.4) is 0 Å².